The highest BCUT2D eigenvalue weighted by Gasteiger charge is 2.12. The normalized spacial score (nSPS) is 12.2. The topological polar surface area (TPSA) is 46.7 Å². The first kappa shape index (κ1) is 14.3. The van der Waals surface area contributed by atoms with E-state index in [1.54, 1.807) is 6.26 Å². The van der Waals surface area contributed by atoms with Gasteiger partial charge in [0.05, 0.1) is 13.3 Å². The van der Waals surface area contributed by atoms with Gasteiger partial charge in [0.15, 0.2) is 12.3 Å². The molecule has 0 aliphatic heterocycles. The SMILES string of the molecule is Cc1ccc(NC(=O)C[NH+](C)Cc2ccco2)c(C)c1. The van der Waals surface area contributed by atoms with E-state index >= 15 is 0 Å². The molecule has 0 spiro atoms. The van der Waals surface area contributed by atoms with Gasteiger partial charge in [0.2, 0.25) is 0 Å². The Morgan fingerprint density at radius 2 is 2.10 bits per heavy atom. The number of likely N-dealkylation sites (N-methyl/N-ethyl adjacent to an activating group) is 1. The van der Waals surface area contributed by atoms with Crippen LogP contribution in [0.25, 0.3) is 0 Å². The van der Waals surface area contributed by atoms with Crippen LogP contribution in [-0.2, 0) is 11.3 Å². The van der Waals surface area contributed by atoms with E-state index in [9.17, 15) is 4.79 Å². The zero-order chi connectivity index (χ0) is 14.5. The van der Waals surface area contributed by atoms with Crippen LogP contribution >= 0.6 is 0 Å². The van der Waals surface area contributed by atoms with Crippen molar-refractivity contribution in [2.75, 3.05) is 18.9 Å². The largest absolute Gasteiger partial charge is 0.463 e. The van der Waals surface area contributed by atoms with E-state index in [1.807, 2.05) is 45.2 Å². The summed E-state index contributed by atoms with van der Waals surface area (Å²) in [5.41, 5.74) is 3.16. The van der Waals surface area contributed by atoms with Gasteiger partial charge >= 0.3 is 0 Å². The van der Waals surface area contributed by atoms with Gasteiger partial charge in [0.25, 0.3) is 5.91 Å². The van der Waals surface area contributed by atoms with Crippen LogP contribution in [0.5, 0.6) is 0 Å². The molecule has 2 N–H and O–H groups in total. The minimum absolute atomic E-state index is 0.0148. The Labute approximate surface area is 119 Å². The molecule has 1 heterocycles. The third kappa shape index (κ3) is 3.96. The summed E-state index contributed by atoms with van der Waals surface area (Å²) in [6.07, 6.45) is 1.65. The number of amides is 1. The quantitative estimate of drug-likeness (QED) is 0.868. The van der Waals surface area contributed by atoms with Crippen LogP contribution in [0.15, 0.2) is 41.0 Å². The maximum Gasteiger partial charge on any atom is 0.279 e. The molecule has 1 atom stereocenters. The average molecular weight is 273 g/mol. The lowest BCUT2D eigenvalue weighted by Gasteiger charge is -2.13. The fraction of sp³-hybridized carbons (Fsp3) is 0.312. The van der Waals surface area contributed by atoms with Crippen LogP contribution in [-0.4, -0.2) is 19.5 Å². The number of hydrogen-bond acceptors (Lipinski definition) is 2. The van der Waals surface area contributed by atoms with Gasteiger partial charge in [0.1, 0.15) is 6.54 Å². The van der Waals surface area contributed by atoms with Crippen molar-refractivity contribution in [2.24, 2.45) is 0 Å². The summed E-state index contributed by atoms with van der Waals surface area (Å²) in [5, 5.41) is 2.96. The van der Waals surface area contributed by atoms with Gasteiger partial charge in [-0.2, -0.15) is 0 Å². The van der Waals surface area contributed by atoms with Crippen LogP contribution < -0.4 is 10.2 Å². The van der Waals surface area contributed by atoms with E-state index in [0.29, 0.717) is 13.1 Å². The molecule has 2 aromatic rings. The Morgan fingerprint density at radius 1 is 1.30 bits per heavy atom. The zero-order valence-electron chi connectivity index (χ0n) is 12.2. The van der Waals surface area contributed by atoms with Gasteiger partial charge in [-0.3, -0.25) is 4.79 Å². The first-order valence-electron chi connectivity index (χ1n) is 6.75. The second-order valence-corrected chi connectivity index (χ2v) is 5.26. The van der Waals surface area contributed by atoms with E-state index in [4.69, 9.17) is 4.42 Å². The van der Waals surface area contributed by atoms with Gasteiger partial charge < -0.3 is 14.6 Å². The molecule has 1 aromatic heterocycles. The maximum absolute atomic E-state index is 12.0. The van der Waals surface area contributed by atoms with Gasteiger partial charge in [0, 0.05) is 5.69 Å². The molecule has 1 amide bonds. The molecule has 0 saturated heterocycles. The second-order valence-electron chi connectivity index (χ2n) is 5.26. The summed E-state index contributed by atoms with van der Waals surface area (Å²) in [5.74, 6) is 0.905. The molecule has 0 aliphatic rings. The van der Waals surface area contributed by atoms with Crippen molar-refractivity contribution < 1.29 is 14.1 Å². The Balaban J connectivity index is 1.88. The van der Waals surface area contributed by atoms with Crippen molar-refractivity contribution in [3.63, 3.8) is 0 Å². The Bertz CT molecular complexity index is 576. The van der Waals surface area contributed by atoms with E-state index in [0.717, 1.165) is 21.9 Å². The fourth-order valence-electron chi connectivity index (χ4n) is 2.20. The van der Waals surface area contributed by atoms with Crippen molar-refractivity contribution in [1.82, 2.24) is 0 Å². The lowest BCUT2D eigenvalue weighted by Crippen LogP contribution is -3.08. The molecule has 0 fully saturated rings. The number of anilines is 1. The predicted molar refractivity (Wildman–Crippen MR) is 78.7 cm³/mol. The summed E-state index contributed by atoms with van der Waals surface area (Å²) in [6, 6.07) is 9.80. The maximum atomic E-state index is 12.0. The minimum Gasteiger partial charge on any atom is -0.463 e. The highest BCUT2D eigenvalue weighted by molar-refractivity contribution is 5.92. The number of aryl methyl sites for hydroxylation is 2. The summed E-state index contributed by atoms with van der Waals surface area (Å²) in [4.78, 5) is 13.1. The third-order valence-corrected chi connectivity index (χ3v) is 3.17. The number of rotatable bonds is 5. The van der Waals surface area contributed by atoms with Gasteiger partial charge in [-0.15, -0.1) is 0 Å². The Hall–Kier alpha value is -2.07. The first-order chi connectivity index (χ1) is 9.54. The van der Waals surface area contributed by atoms with E-state index < -0.39 is 0 Å². The van der Waals surface area contributed by atoms with Crippen molar-refractivity contribution in [1.29, 1.82) is 0 Å². The second kappa shape index (κ2) is 6.39. The molecule has 0 bridgehead atoms. The number of carbonyl (C=O) groups is 1. The summed E-state index contributed by atoms with van der Waals surface area (Å²) in [7, 11) is 1.98. The Kier molecular flexibility index (Phi) is 4.58. The molecule has 106 valence electrons. The van der Waals surface area contributed by atoms with E-state index in [-0.39, 0.29) is 5.91 Å². The van der Waals surface area contributed by atoms with Gasteiger partial charge in [-0.05, 0) is 37.6 Å². The molecular formula is C16H21N2O2+. The fourth-order valence-corrected chi connectivity index (χ4v) is 2.20. The molecule has 0 radical (unpaired) electrons. The van der Waals surface area contributed by atoms with Gasteiger partial charge in [-0.25, -0.2) is 0 Å². The van der Waals surface area contributed by atoms with Crippen LogP contribution in [0.3, 0.4) is 0 Å². The van der Waals surface area contributed by atoms with Crippen LogP contribution in [0.2, 0.25) is 0 Å². The first-order valence-corrected chi connectivity index (χ1v) is 6.75. The minimum atomic E-state index is 0.0148. The molecule has 0 aliphatic carbocycles. The molecule has 1 aromatic carbocycles. The number of nitrogens with one attached hydrogen (secondary N) is 2. The molecular weight excluding hydrogens is 252 g/mol. The monoisotopic (exact) mass is 273 g/mol. The molecule has 4 heteroatoms. The molecule has 1 unspecified atom stereocenters. The zero-order valence-corrected chi connectivity index (χ0v) is 12.2. The average Bonchev–Trinajstić information content (AvgIpc) is 2.85. The summed E-state index contributed by atoms with van der Waals surface area (Å²) in [6.45, 7) is 5.16. The van der Waals surface area contributed by atoms with E-state index in [1.165, 1.54) is 5.56 Å². The molecule has 0 saturated carbocycles. The molecule has 20 heavy (non-hydrogen) atoms. The van der Waals surface area contributed by atoms with E-state index in [2.05, 4.69) is 11.4 Å². The highest BCUT2D eigenvalue weighted by atomic mass is 16.3. The Morgan fingerprint density at radius 3 is 2.75 bits per heavy atom. The van der Waals surface area contributed by atoms with Crippen LogP contribution in [0, 0.1) is 13.8 Å². The van der Waals surface area contributed by atoms with Crippen molar-refractivity contribution in [2.45, 2.75) is 20.4 Å². The number of quaternary nitrogens is 1. The number of furan rings is 1. The van der Waals surface area contributed by atoms with Crippen molar-refractivity contribution >= 4 is 11.6 Å². The van der Waals surface area contributed by atoms with Crippen LogP contribution in [0.1, 0.15) is 16.9 Å². The number of hydrogen-bond donors (Lipinski definition) is 2. The van der Waals surface area contributed by atoms with Gasteiger partial charge in [-0.1, -0.05) is 17.7 Å². The van der Waals surface area contributed by atoms with Crippen molar-refractivity contribution in [3.8, 4) is 0 Å². The summed E-state index contributed by atoms with van der Waals surface area (Å²) < 4.78 is 5.28. The third-order valence-electron chi connectivity index (χ3n) is 3.17. The molecule has 4 nitrogen and oxygen atoms in total. The predicted octanol–water partition coefficient (Wildman–Crippen LogP) is 1.55. The number of benzene rings is 1. The standard InChI is InChI=1S/C16H20N2O2/c1-12-6-7-15(13(2)9-12)17-16(19)11-18(3)10-14-5-4-8-20-14/h4-9H,10-11H2,1-3H3,(H,17,19)/p+1. The van der Waals surface area contributed by atoms with Crippen molar-refractivity contribution in [3.05, 3.63) is 53.5 Å². The lowest BCUT2D eigenvalue weighted by atomic mass is 10.1. The smallest absolute Gasteiger partial charge is 0.279 e. The number of carbonyl (C=O) groups excluding carboxylic acids is 1. The van der Waals surface area contributed by atoms with Crippen LogP contribution in [0.4, 0.5) is 5.69 Å². The highest BCUT2D eigenvalue weighted by Crippen LogP contribution is 2.15. The summed E-state index contributed by atoms with van der Waals surface area (Å²) >= 11 is 0. The lowest BCUT2D eigenvalue weighted by molar-refractivity contribution is -0.886. The molecule has 2 rings (SSSR count).